The van der Waals surface area contributed by atoms with Gasteiger partial charge in [-0.3, -0.25) is 9.78 Å². The number of carbonyl (C=O) groups excluding carboxylic acids is 1. The lowest BCUT2D eigenvalue weighted by atomic mass is 9.58. The largest absolute Gasteiger partial charge is 0.508 e. The van der Waals surface area contributed by atoms with E-state index in [-0.39, 0.29) is 34.2 Å². The predicted molar refractivity (Wildman–Crippen MR) is 106 cm³/mol. The van der Waals surface area contributed by atoms with Crippen molar-refractivity contribution in [2.24, 2.45) is 29.1 Å². The number of benzene rings is 1. The highest BCUT2D eigenvalue weighted by molar-refractivity contribution is 5.92. The predicted octanol–water partition coefficient (Wildman–Crippen LogP) is 4.27. The van der Waals surface area contributed by atoms with Crippen LogP contribution in [0.5, 0.6) is 5.75 Å². The molecule has 2 bridgehead atoms. The number of phenols is 1. The highest BCUT2D eigenvalue weighted by Crippen LogP contribution is 2.91. The molecule has 162 valence electrons. The molecule has 3 saturated carbocycles. The van der Waals surface area contributed by atoms with Crippen molar-refractivity contribution in [2.45, 2.75) is 37.9 Å². The van der Waals surface area contributed by atoms with Crippen molar-refractivity contribution in [3.8, 4) is 5.75 Å². The van der Waals surface area contributed by atoms with Crippen molar-refractivity contribution in [3.63, 3.8) is 0 Å². The summed E-state index contributed by atoms with van der Waals surface area (Å²) in [6, 6.07) is 7.56. The number of hydrogen-bond donors (Lipinski definition) is 1. The second kappa shape index (κ2) is 5.43. The highest BCUT2D eigenvalue weighted by atomic mass is 19.4. The Kier molecular flexibility index (Phi) is 3.35. The summed E-state index contributed by atoms with van der Waals surface area (Å²) in [4.78, 5) is 18.9. The van der Waals surface area contributed by atoms with Crippen molar-refractivity contribution in [2.75, 3.05) is 7.05 Å². The molecule has 1 aromatic carbocycles. The Balaban J connectivity index is 1.40. The maximum Gasteiger partial charge on any atom is 0.417 e. The SMILES string of the molecule is CC1C2C(N(C)C(=O)c3ccc(C(F)(F)F)cn3)C3(C)c4cc(O)ccc4CC24C1C34. The molecule has 2 aromatic rings. The Labute approximate surface area is 178 Å². The zero-order chi connectivity index (χ0) is 22.1. The van der Waals surface area contributed by atoms with E-state index in [2.05, 4.69) is 18.8 Å². The van der Waals surface area contributed by atoms with Gasteiger partial charge in [-0.25, -0.2) is 0 Å². The van der Waals surface area contributed by atoms with Crippen LogP contribution < -0.4 is 0 Å². The average Bonchev–Trinajstić information content (AvgIpc) is 3.31. The molecule has 7 heteroatoms. The summed E-state index contributed by atoms with van der Waals surface area (Å²) >= 11 is 0. The molecule has 3 fully saturated rings. The molecule has 4 nitrogen and oxygen atoms in total. The zero-order valence-corrected chi connectivity index (χ0v) is 17.4. The molecule has 31 heavy (non-hydrogen) atoms. The van der Waals surface area contributed by atoms with Gasteiger partial charge in [0.2, 0.25) is 0 Å². The molecule has 1 heterocycles. The fourth-order valence-corrected chi connectivity index (χ4v) is 8.24. The Morgan fingerprint density at radius 1 is 1.23 bits per heavy atom. The van der Waals surface area contributed by atoms with Gasteiger partial charge in [-0.1, -0.05) is 19.9 Å². The first kappa shape index (κ1) is 19.1. The summed E-state index contributed by atoms with van der Waals surface area (Å²) in [6.07, 6.45) is -2.79. The van der Waals surface area contributed by atoms with Crippen LogP contribution >= 0.6 is 0 Å². The minimum absolute atomic E-state index is 0.0198. The van der Waals surface area contributed by atoms with Crippen molar-refractivity contribution in [1.29, 1.82) is 0 Å². The standard InChI is InChI=1S/C24H23F3N2O2/c1-11-17-19-22(2)15-8-14(30)6-4-12(15)9-23(17,19)18(11)20(22)29(3)21(31)16-7-5-13(10-28-16)24(25,26)27/h4-8,10-11,17-20,30H,9H2,1-3H3. The highest BCUT2D eigenvalue weighted by Gasteiger charge is 2.92. The van der Waals surface area contributed by atoms with Crippen LogP contribution in [0.4, 0.5) is 13.2 Å². The van der Waals surface area contributed by atoms with E-state index in [1.54, 1.807) is 18.0 Å². The number of alkyl halides is 3. The lowest BCUT2D eigenvalue weighted by molar-refractivity contribution is -0.137. The van der Waals surface area contributed by atoms with E-state index in [9.17, 15) is 23.1 Å². The van der Waals surface area contributed by atoms with Gasteiger partial charge in [-0.15, -0.1) is 0 Å². The molecule has 1 aromatic heterocycles. The fraction of sp³-hybridized carbons (Fsp3) is 0.500. The van der Waals surface area contributed by atoms with Crippen molar-refractivity contribution >= 4 is 5.91 Å². The van der Waals surface area contributed by atoms with Gasteiger partial charge in [0.15, 0.2) is 0 Å². The van der Waals surface area contributed by atoms with Gasteiger partial charge in [0.05, 0.1) is 5.56 Å². The monoisotopic (exact) mass is 428 g/mol. The van der Waals surface area contributed by atoms with Gasteiger partial charge in [0.25, 0.3) is 5.91 Å². The number of hydrogen-bond acceptors (Lipinski definition) is 3. The topological polar surface area (TPSA) is 53.4 Å². The van der Waals surface area contributed by atoms with E-state index in [4.69, 9.17) is 0 Å². The average molecular weight is 428 g/mol. The summed E-state index contributed by atoms with van der Waals surface area (Å²) in [6.45, 7) is 4.45. The Morgan fingerprint density at radius 3 is 2.61 bits per heavy atom. The maximum absolute atomic E-state index is 13.3. The summed E-state index contributed by atoms with van der Waals surface area (Å²) in [5.41, 5.74) is 1.43. The third kappa shape index (κ3) is 2.03. The molecule has 0 saturated heterocycles. The summed E-state index contributed by atoms with van der Waals surface area (Å²) in [5.74, 6) is 1.81. The van der Waals surface area contributed by atoms with E-state index < -0.39 is 11.7 Å². The molecule has 1 amide bonds. The van der Waals surface area contributed by atoms with Gasteiger partial charge in [0, 0.05) is 24.7 Å². The first-order chi connectivity index (χ1) is 14.5. The molecule has 7 unspecified atom stereocenters. The molecule has 1 spiro atoms. The molecule has 4 aliphatic carbocycles. The quantitative estimate of drug-likeness (QED) is 0.777. The number of aromatic hydroxyl groups is 1. The van der Waals surface area contributed by atoms with Crippen LogP contribution in [0.3, 0.4) is 0 Å². The number of pyridine rings is 1. The number of fused-ring (bicyclic) bond motifs is 2. The number of phenolic OH excluding ortho intramolecular Hbond substituents is 1. The Hall–Kier alpha value is -2.57. The summed E-state index contributed by atoms with van der Waals surface area (Å²) < 4.78 is 38.7. The molecule has 6 rings (SSSR count). The van der Waals surface area contributed by atoms with Crippen molar-refractivity contribution in [1.82, 2.24) is 9.88 Å². The number of amides is 1. The molecule has 7 atom stereocenters. The molecule has 4 aliphatic rings. The Morgan fingerprint density at radius 2 is 1.97 bits per heavy atom. The second-order valence-electron chi connectivity index (χ2n) is 10.1. The van der Waals surface area contributed by atoms with Crippen LogP contribution in [0, 0.1) is 29.1 Å². The van der Waals surface area contributed by atoms with Crippen molar-refractivity contribution < 1.29 is 23.1 Å². The van der Waals surface area contributed by atoms with Gasteiger partial charge in [0.1, 0.15) is 11.4 Å². The summed E-state index contributed by atoms with van der Waals surface area (Å²) in [7, 11) is 1.75. The van der Waals surface area contributed by atoms with Crippen molar-refractivity contribution in [3.05, 3.63) is 58.9 Å². The number of rotatable bonds is 2. The zero-order valence-electron chi connectivity index (χ0n) is 17.4. The van der Waals surface area contributed by atoms with Crippen LogP contribution in [0.15, 0.2) is 36.5 Å². The fourth-order valence-electron chi connectivity index (χ4n) is 8.24. The third-order valence-corrected chi connectivity index (χ3v) is 9.02. The van der Waals surface area contributed by atoms with Gasteiger partial charge < -0.3 is 10.0 Å². The molecule has 0 aliphatic heterocycles. The molecule has 1 N–H and O–H groups in total. The smallest absolute Gasteiger partial charge is 0.417 e. The first-order valence-electron chi connectivity index (χ1n) is 10.7. The molecular weight excluding hydrogens is 405 g/mol. The van der Waals surface area contributed by atoms with Gasteiger partial charge >= 0.3 is 6.18 Å². The maximum atomic E-state index is 13.3. The van der Waals surface area contributed by atoms with Crippen LogP contribution in [0.25, 0.3) is 0 Å². The van der Waals surface area contributed by atoms with Crippen LogP contribution in [-0.2, 0) is 18.0 Å². The lowest BCUT2D eigenvalue weighted by Gasteiger charge is -2.52. The number of aromatic nitrogens is 1. The summed E-state index contributed by atoms with van der Waals surface area (Å²) in [5, 5.41) is 10.2. The normalized spacial score (nSPS) is 38.7. The van der Waals surface area contributed by atoms with E-state index in [0.29, 0.717) is 23.7 Å². The van der Waals surface area contributed by atoms with E-state index in [1.807, 2.05) is 12.1 Å². The number of halogens is 3. The van der Waals surface area contributed by atoms with Crippen LogP contribution in [-0.4, -0.2) is 34.0 Å². The molecular formula is C24H23F3N2O2. The number of likely N-dealkylation sites (N-methyl/N-ethyl adjacent to an activating group) is 1. The lowest BCUT2D eigenvalue weighted by Crippen LogP contribution is -2.58. The minimum atomic E-state index is -4.49. The second-order valence-corrected chi connectivity index (χ2v) is 10.1. The number of carbonyl (C=O) groups is 1. The van der Waals surface area contributed by atoms with Crippen LogP contribution in [0.1, 0.15) is 41.0 Å². The first-order valence-corrected chi connectivity index (χ1v) is 10.7. The third-order valence-electron chi connectivity index (χ3n) is 9.02. The van der Waals surface area contributed by atoms with E-state index in [0.717, 1.165) is 30.3 Å². The Bertz CT molecular complexity index is 1130. The van der Waals surface area contributed by atoms with E-state index >= 15 is 0 Å². The van der Waals surface area contributed by atoms with E-state index in [1.165, 1.54) is 5.56 Å². The van der Waals surface area contributed by atoms with Crippen LogP contribution in [0.2, 0.25) is 0 Å². The molecule has 0 radical (unpaired) electrons. The minimum Gasteiger partial charge on any atom is -0.508 e. The van der Waals surface area contributed by atoms with Gasteiger partial charge in [-0.05, 0) is 70.9 Å². The number of nitrogens with zero attached hydrogens (tertiary/aromatic N) is 2. The van der Waals surface area contributed by atoms with Gasteiger partial charge in [-0.2, -0.15) is 13.2 Å².